The van der Waals surface area contributed by atoms with Crippen molar-refractivity contribution in [1.29, 1.82) is 0 Å². The lowest BCUT2D eigenvalue weighted by Crippen LogP contribution is -2.37. The zero-order valence-electron chi connectivity index (χ0n) is 15.1. The van der Waals surface area contributed by atoms with E-state index in [9.17, 15) is 0 Å². The second-order valence-corrected chi connectivity index (χ2v) is 6.19. The van der Waals surface area contributed by atoms with E-state index in [4.69, 9.17) is 13.9 Å². The van der Waals surface area contributed by atoms with Crippen LogP contribution in [0, 0.1) is 0 Å². The van der Waals surface area contributed by atoms with Crippen LogP contribution in [0.4, 0.5) is 6.01 Å². The van der Waals surface area contributed by atoms with Crippen molar-refractivity contribution >= 4 is 6.01 Å². The van der Waals surface area contributed by atoms with Crippen LogP contribution in [0.25, 0.3) is 0 Å². The van der Waals surface area contributed by atoms with E-state index in [1.807, 2.05) is 18.2 Å². The lowest BCUT2D eigenvalue weighted by Gasteiger charge is -2.26. The van der Waals surface area contributed by atoms with Gasteiger partial charge in [-0.3, -0.25) is 4.90 Å². The average molecular weight is 345 g/mol. The fourth-order valence-electron chi connectivity index (χ4n) is 2.96. The monoisotopic (exact) mass is 345 g/mol. The van der Waals surface area contributed by atoms with Crippen molar-refractivity contribution in [3.05, 3.63) is 41.8 Å². The molecule has 25 heavy (non-hydrogen) atoms. The number of rotatable bonds is 8. The minimum atomic E-state index is 0.683. The van der Waals surface area contributed by atoms with Crippen LogP contribution < -0.4 is 9.64 Å². The molecule has 0 atom stereocenters. The Labute approximate surface area is 149 Å². The molecule has 0 spiro atoms. The molecule has 1 saturated heterocycles. The molecule has 1 aliphatic heterocycles. The molecule has 1 fully saturated rings. The normalized spacial score (nSPS) is 15.3. The van der Waals surface area contributed by atoms with Crippen molar-refractivity contribution in [2.45, 2.75) is 19.9 Å². The van der Waals surface area contributed by atoms with E-state index < -0.39 is 0 Å². The van der Waals surface area contributed by atoms with Crippen molar-refractivity contribution in [2.75, 3.05) is 51.4 Å². The first-order valence-electron chi connectivity index (χ1n) is 8.91. The number of anilines is 1. The maximum atomic E-state index is 5.73. The van der Waals surface area contributed by atoms with Gasteiger partial charge in [-0.1, -0.05) is 12.1 Å². The van der Waals surface area contributed by atoms with E-state index in [2.05, 4.69) is 27.8 Å². The highest BCUT2D eigenvalue weighted by Crippen LogP contribution is 2.19. The van der Waals surface area contributed by atoms with Crippen LogP contribution in [-0.2, 0) is 17.7 Å². The van der Waals surface area contributed by atoms with Gasteiger partial charge in [0.15, 0.2) is 0 Å². The topological polar surface area (TPSA) is 51.0 Å². The molecule has 0 unspecified atom stereocenters. The fraction of sp³-hybridized carbons (Fsp3) is 0.526. The van der Waals surface area contributed by atoms with E-state index in [0.29, 0.717) is 6.01 Å². The van der Waals surface area contributed by atoms with Crippen LogP contribution in [0.1, 0.15) is 18.2 Å². The van der Waals surface area contributed by atoms with E-state index in [0.717, 1.165) is 63.8 Å². The zero-order chi connectivity index (χ0) is 17.5. The summed E-state index contributed by atoms with van der Waals surface area (Å²) in [4.78, 5) is 9.22. The van der Waals surface area contributed by atoms with Gasteiger partial charge in [-0.2, -0.15) is 4.98 Å². The van der Waals surface area contributed by atoms with Crippen molar-refractivity contribution < 1.29 is 13.9 Å². The first-order valence-corrected chi connectivity index (χ1v) is 8.91. The average Bonchev–Trinajstić information content (AvgIpc) is 3.14. The number of morpholine rings is 1. The lowest BCUT2D eigenvalue weighted by molar-refractivity contribution is 0.0383. The zero-order valence-corrected chi connectivity index (χ0v) is 15.1. The highest BCUT2D eigenvalue weighted by molar-refractivity contribution is 5.34. The molecular formula is C19H27N3O3. The van der Waals surface area contributed by atoms with Gasteiger partial charge < -0.3 is 18.8 Å². The highest BCUT2D eigenvalue weighted by Gasteiger charge is 2.15. The molecule has 6 nitrogen and oxygen atoms in total. The summed E-state index contributed by atoms with van der Waals surface area (Å²) in [6.45, 7) is 8.35. The molecule has 1 aliphatic rings. The Morgan fingerprint density at radius 3 is 2.88 bits per heavy atom. The predicted octanol–water partition coefficient (Wildman–Crippen LogP) is 2.58. The molecule has 1 aromatic carbocycles. The number of methoxy groups -OCH3 is 1. The SMILES string of the molecule is CCN(Cc1cccc(OC)c1)c1nc(CCN2CCOCC2)co1. The molecular weight excluding hydrogens is 318 g/mol. The number of benzene rings is 1. The Bertz CT molecular complexity index is 653. The van der Waals surface area contributed by atoms with Gasteiger partial charge in [-0.05, 0) is 24.6 Å². The summed E-state index contributed by atoms with van der Waals surface area (Å²) in [6.07, 6.45) is 2.68. The summed E-state index contributed by atoms with van der Waals surface area (Å²) in [5.74, 6) is 0.868. The third kappa shape index (κ3) is 4.96. The summed E-state index contributed by atoms with van der Waals surface area (Å²) in [6, 6.07) is 8.78. The molecule has 6 heteroatoms. The molecule has 3 rings (SSSR count). The molecule has 2 heterocycles. The van der Waals surface area contributed by atoms with Gasteiger partial charge in [0.1, 0.15) is 12.0 Å². The first kappa shape index (κ1) is 17.8. The molecule has 0 N–H and O–H groups in total. The number of oxazole rings is 1. The Morgan fingerprint density at radius 1 is 1.28 bits per heavy atom. The van der Waals surface area contributed by atoms with E-state index in [1.54, 1.807) is 13.4 Å². The number of hydrogen-bond acceptors (Lipinski definition) is 6. The largest absolute Gasteiger partial charge is 0.497 e. The van der Waals surface area contributed by atoms with Crippen LogP contribution in [0.15, 0.2) is 34.9 Å². The van der Waals surface area contributed by atoms with Crippen molar-refractivity contribution in [1.82, 2.24) is 9.88 Å². The minimum Gasteiger partial charge on any atom is -0.497 e. The first-order chi connectivity index (χ1) is 12.3. The predicted molar refractivity (Wildman–Crippen MR) is 97.2 cm³/mol. The molecule has 0 bridgehead atoms. The summed E-state index contributed by atoms with van der Waals surface area (Å²) in [5.41, 5.74) is 2.18. The van der Waals surface area contributed by atoms with Crippen LogP contribution in [0.2, 0.25) is 0 Å². The summed E-state index contributed by atoms with van der Waals surface area (Å²) < 4.78 is 16.4. The molecule has 0 saturated carbocycles. The second-order valence-electron chi connectivity index (χ2n) is 6.19. The molecule has 136 valence electrons. The Hall–Kier alpha value is -2.05. The van der Waals surface area contributed by atoms with E-state index >= 15 is 0 Å². The Balaban J connectivity index is 1.58. The van der Waals surface area contributed by atoms with Crippen LogP contribution in [-0.4, -0.2) is 56.4 Å². The van der Waals surface area contributed by atoms with Crippen molar-refractivity contribution in [3.63, 3.8) is 0 Å². The van der Waals surface area contributed by atoms with Gasteiger partial charge in [-0.25, -0.2) is 0 Å². The van der Waals surface area contributed by atoms with Gasteiger partial charge in [0.2, 0.25) is 0 Å². The summed E-state index contributed by atoms with van der Waals surface area (Å²) in [5, 5.41) is 0. The van der Waals surface area contributed by atoms with Gasteiger partial charge in [0.25, 0.3) is 6.01 Å². The molecule has 0 aliphatic carbocycles. The van der Waals surface area contributed by atoms with Gasteiger partial charge >= 0.3 is 0 Å². The minimum absolute atomic E-state index is 0.683. The molecule has 0 radical (unpaired) electrons. The summed E-state index contributed by atoms with van der Waals surface area (Å²) in [7, 11) is 1.69. The third-order valence-corrected chi connectivity index (χ3v) is 4.49. The number of hydrogen-bond donors (Lipinski definition) is 0. The van der Waals surface area contributed by atoms with E-state index in [-0.39, 0.29) is 0 Å². The lowest BCUT2D eigenvalue weighted by atomic mass is 10.2. The quantitative estimate of drug-likeness (QED) is 0.733. The second kappa shape index (κ2) is 8.87. The van der Waals surface area contributed by atoms with Crippen molar-refractivity contribution in [3.8, 4) is 5.75 Å². The Kier molecular flexibility index (Phi) is 6.30. The van der Waals surface area contributed by atoms with Gasteiger partial charge in [-0.15, -0.1) is 0 Å². The number of ether oxygens (including phenoxy) is 2. The standard InChI is InChI=1S/C19H27N3O3/c1-3-22(14-16-5-4-6-18(13-16)23-2)19-20-17(15-25-19)7-8-21-9-11-24-12-10-21/h4-6,13,15H,3,7-12,14H2,1-2H3. The van der Waals surface area contributed by atoms with Crippen LogP contribution >= 0.6 is 0 Å². The van der Waals surface area contributed by atoms with Gasteiger partial charge in [0.05, 0.1) is 26.0 Å². The van der Waals surface area contributed by atoms with E-state index in [1.165, 1.54) is 5.56 Å². The highest BCUT2D eigenvalue weighted by atomic mass is 16.5. The summed E-state index contributed by atoms with van der Waals surface area (Å²) >= 11 is 0. The van der Waals surface area contributed by atoms with Crippen LogP contribution in [0.3, 0.4) is 0 Å². The maximum absolute atomic E-state index is 5.73. The number of aromatic nitrogens is 1. The molecule has 2 aromatic rings. The van der Waals surface area contributed by atoms with Gasteiger partial charge in [0, 0.05) is 39.1 Å². The Morgan fingerprint density at radius 2 is 2.12 bits per heavy atom. The molecule has 1 aromatic heterocycles. The molecule has 0 amide bonds. The fourth-order valence-corrected chi connectivity index (χ4v) is 2.96. The van der Waals surface area contributed by atoms with Crippen molar-refractivity contribution in [2.24, 2.45) is 0 Å². The number of nitrogens with zero attached hydrogens (tertiary/aromatic N) is 3. The smallest absolute Gasteiger partial charge is 0.297 e. The maximum Gasteiger partial charge on any atom is 0.297 e. The third-order valence-electron chi connectivity index (χ3n) is 4.49. The van der Waals surface area contributed by atoms with Crippen LogP contribution in [0.5, 0.6) is 5.75 Å².